The van der Waals surface area contributed by atoms with Crippen LogP contribution in [0.3, 0.4) is 0 Å². The summed E-state index contributed by atoms with van der Waals surface area (Å²) in [6, 6.07) is 0. The first-order valence-electron chi connectivity index (χ1n) is 7.89. The lowest BCUT2D eigenvalue weighted by molar-refractivity contribution is 0.470. The fourth-order valence-corrected chi connectivity index (χ4v) is 3.16. The number of thiazole rings is 1. The summed E-state index contributed by atoms with van der Waals surface area (Å²) in [4.78, 5) is 8.64. The molecule has 0 fully saturated rings. The van der Waals surface area contributed by atoms with Crippen LogP contribution in [0.2, 0.25) is 0 Å². The zero-order valence-corrected chi connectivity index (χ0v) is 14.9. The first-order valence-corrected chi connectivity index (χ1v) is 8.71. The van der Waals surface area contributed by atoms with Crippen LogP contribution in [-0.2, 0) is 13.0 Å². The molecule has 0 saturated carbocycles. The molecule has 3 nitrogen and oxygen atoms in total. The molecule has 0 aromatic carbocycles. The minimum atomic E-state index is 0.162. The smallest absolute Gasteiger partial charge is 0.186 e. The zero-order chi connectivity index (χ0) is 15.2. The Kier molecular flexibility index (Phi) is 6.96. The highest BCUT2D eigenvalue weighted by molar-refractivity contribution is 7.15. The van der Waals surface area contributed by atoms with Crippen LogP contribution < -0.4 is 10.2 Å². The van der Waals surface area contributed by atoms with Crippen LogP contribution in [-0.4, -0.2) is 24.1 Å². The van der Waals surface area contributed by atoms with Gasteiger partial charge < -0.3 is 10.2 Å². The number of nitrogens with one attached hydrogen (secondary N) is 1. The molecule has 1 heterocycles. The quantitative estimate of drug-likeness (QED) is 0.692. The van der Waals surface area contributed by atoms with Gasteiger partial charge in [0.2, 0.25) is 0 Å². The number of hydrogen-bond acceptors (Lipinski definition) is 4. The van der Waals surface area contributed by atoms with Gasteiger partial charge in [0.15, 0.2) is 5.13 Å². The van der Waals surface area contributed by atoms with Crippen LogP contribution in [0.15, 0.2) is 0 Å². The molecule has 0 aliphatic heterocycles. The van der Waals surface area contributed by atoms with E-state index in [1.165, 1.54) is 17.0 Å². The lowest BCUT2D eigenvalue weighted by Gasteiger charge is -2.34. The second-order valence-electron chi connectivity index (χ2n) is 6.02. The van der Waals surface area contributed by atoms with E-state index in [0.29, 0.717) is 0 Å². The van der Waals surface area contributed by atoms with E-state index in [-0.39, 0.29) is 5.54 Å². The van der Waals surface area contributed by atoms with E-state index in [4.69, 9.17) is 4.98 Å². The Balaban J connectivity index is 2.90. The molecule has 0 unspecified atom stereocenters. The SMILES string of the molecule is CCCNCc1sc(N(C)C(C)(C)CC)nc1CCC. The molecule has 0 aliphatic rings. The molecular formula is C16H31N3S. The predicted octanol–water partition coefficient (Wildman–Crippen LogP) is 4.22. The first kappa shape index (κ1) is 17.4. The van der Waals surface area contributed by atoms with Crippen LogP contribution in [0.1, 0.15) is 64.5 Å². The summed E-state index contributed by atoms with van der Waals surface area (Å²) >= 11 is 1.85. The minimum Gasteiger partial charge on any atom is -0.346 e. The average Bonchev–Trinajstić information content (AvgIpc) is 2.82. The van der Waals surface area contributed by atoms with E-state index in [1.807, 2.05) is 11.3 Å². The van der Waals surface area contributed by atoms with Crippen LogP contribution in [0, 0.1) is 0 Å². The van der Waals surface area contributed by atoms with Crippen molar-refractivity contribution in [3.63, 3.8) is 0 Å². The Morgan fingerprint density at radius 1 is 1.20 bits per heavy atom. The van der Waals surface area contributed by atoms with Crippen molar-refractivity contribution in [3.05, 3.63) is 10.6 Å². The summed E-state index contributed by atoms with van der Waals surface area (Å²) < 4.78 is 0. The fourth-order valence-electron chi connectivity index (χ4n) is 1.96. The van der Waals surface area contributed by atoms with E-state index < -0.39 is 0 Å². The normalized spacial score (nSPS) is 11.9. The largest absolute Gasteiger partial charge is 0.346 e. The molecule has 0 atom stereocenters. The highest BCUT2D eigenvalue weighted by Gasteiger charge is 2.25. The molecule has 0 amide bonds. The van der Waals surface area contributed by atoms with Gasteiger partial charge in [-0.2, -0.15) is 0 Å². The van der Waals surface area contributed by atoms with Gasteiger partial charge in [-0.15, -0.1) is 11.3 Å². The fraction of sp³-hybridized carbons (Fsp3) is 0.812. The van der Waals surface area contributed by atoms with Crippen LogP contribution >= 0.6 is 11.3 Å². The van der Waals surface area contributed by atoms with Gasteiger partial charge in [-0.05, 0) is 39.7 Å². The number of rotatable bonds is 9. The van der Waals surface area contributed by atoms with Gasteiger partial charge in [0, 0.05) is 24.0 Å². The molecule has 116 valence electrons. The number of aryl methyl sites for hydroxylation is 1. The van der Waals surface area contributed by atoms with Crippen LogP contribution in [0.25, 0.3) is 0 Å². The lowest BCUT2D eigenvalue weighted by atomic mass is 10.0. The monoisotopic (exact) mass is 297 g/mol. The topological polar surface area (TPSA) is 28.2 Å². The molecule has 0 spiro atoms. The average molecular weight is 298 g/mol. The molecule has 0 aliphatic carbocycles. The van der Waals surface area contributed by atoms with Gasteiger partial charge in [0.05, 0.1) is 5.69 Å². The van der Waals surface area contributed by atoms with E-state index in [2.05, 4.69) is 51.9 Å². The number of nitrogens with zero attached hydrogens (tertiary/aromatic N) is 2. The van der Waals surface area contributed by atoms with Crippen molar-refractivity contribution in [2.45, 2.75) is 72.4 Å². The second-order valence-corrected chi connectivity index (χ2v) is 7.08. The van der Waals surface area contributed by atoms with Crippen molar-refractivity contribution in [2.24, 2.45) is 0 Å². The number of anilines is 1. The molecule has 0 bridgehead atoms. The molecule has 20 heavy (non-hydrogen) atoms. The van der Waals surface area contributed by atoms with Crippen molar-refractivity contribution < 1.29 is 0 Å². The van der Waals surface area contributed by atoms with Crippen molar-refractivity contribution in [1.82, 2.24) is 10.3 Å². The molecular weight excluding hydrogens is 266 g/mol. The lowest BCUT2D eigenvalue weighted by Crippen LogP contribution is -2.40. The first-order chi connectivity index (χ1) is 9.46. The van der Waals surface area contributed by atoms with E-state index in [9.17, 15) is 0 Å². The molecule has 1 aromatic rings. The maximum absolute atomic E-state index is 4.90. The van der Waals surface area contributed by atoms with Crippen molar-refractivity contribution in [3.8, 4) is 0 Å². The number of hydrogen-bond donors (Lipinski definition) is 1. The van der Waals surface area contributed by atoms with Gasteiger partial charge in [-0.3, -0.25) is 0 Å². The summed E-state index contributed by atoms with van der Waals surface area (Å²) in [7, 11) is 2.17. The molecule has 0 radical (unpaired) electrons. The Hall–Kier alpha value is -0.610. The molecule has 1 N–H and O–H groups in total. The van der Waals surface area contributed by atoms with Gasteiger partial charge in [0.25, 0.3) is 0 Å². The Morgan fingerprint density at radius 2 is 1.90 bits per heavy atom. The third-order valence-electron chi connectivity index (χ3n) is 4.03. The Morgan fingerprint density at radius 3 is 2.45 bits per heavy atom. The standard InChI is InChI=1S/C16H31N3S/c1-7-10-13-14(12-17-11-8-2)20-15(18-13)19(6)16(4,5)9-3/h17H,7-12H2,1-6H3. The maximum Gasteiger partial charge on any atom is 0.186 e. The molecule has 1 rings (SSSR count). The highest BCUT2D eigenvalue weighted by Crippen LogP contribution is 2.31. The van der Waals surface area contributed by atoms with Crippen molar-refractivity contribution >= 4 is 16.5 Å². The van der Waals surface area contributed by atoms with Crippen LogP contribution in [0.4, 0.5) is 5.13 Å². The predicted molar refractivity (Wildman–Crippen MR) is 90.9 cm³/mol. The maximum atomic E-state index is 4.90. The summed E-state index contributed by atoms with van der Waals surface area (Å²) in [6.07, 6.45) is 4.54. The third kappa shape index (κ3) is 4.45. The Labute approximate surface area is 128 Å². The summed E-state index contributed by atoms with van der Waals surface area (Å²) in [5, 5.41) is 4.67. The van der Waals surface area contributed by atoms with Crippen molar-refractivity contribution in [2.75, 3.05) is 18.5 Å². The van der Waals surface area contributed by atoms with Crippen LogP contribution in [0.5, 0.6) is 0 Å². The zero-order valence-electron chi connectivity index (χ0n) is 14.0. The molecule has 0 saturated heterocycles. The van der Waals surface area contributed by atoms with Gasteiger partial charge in [-0.1, -0.05) is 27.2 Å². The summed E-state index contributed by atoms with van der Waals surface area (Å²) in [5.41, 5.74) is 1.45. The number of aromatic nitrogens is 1. The van der Waals surface area contributed by atoms with E-state index in [0.717, 1.165) is 37.5 Å². The van der Waals surface area contributed by atoms with Gasteiger partial charge >= 0.3 is 0 Å². The third-order valence-corrected chi connectivity index (χ3v) is 5.20. The molecule has 4 heteroatoms. The van der Waals surface area contributed by atoms with Gasteiger partial charge in [-0.25, -0.2) is 4.98 Å². The van der Waals surface area contributed by atoms with Gasteiger partial charge in [0.1, 0.15) is 0 Å². The van der Waals surface area contributed by atoms with Crippen molar-refractivity contribution in [1.29, 1.82) is 0 Å². The highest BCUT2D eigenvalue weighted by atomic mass is 32.1. The van der Waals surface area contributed by atoms with E-state index >= 15 is 0 Å². The second kappa shape index (κ2) is 7.99. The minimum absolute atomic E-state index is 0.162. The Bertz CT molecular complexity index is 398. The summed E-state index contributed by atoms with van der Waals surface area (Å²) in [6.45, 7) is 13.3. The molecule has 1 aromatic heterocycles. The summed E-state index contributed by atoms with van der Waals surface area (Å²) in [5.74, 6) is 0. The van der Waals surface area contributed by atoms with E-state index in [1.54, 1.807) is 0 Å².